The second kappa shape index (κ2) is 11.8. The molecule has 3 aromatic heterocycles. The van der Waals surface area contributed by atoms with Crippen molar-refractivity contribution in [3.63, 3.8) is 0 Å². The number of rotatable bonds is 9. The van der Waals surface area contributed by atoms with E-state index in [-0.39, 0.29) is 18.2 Å². The Morgan fingerprint density at radius 1 is 1.10 bits per heavy atom. The highest BCUT2D eigenvalue weighted by molar-refractivity contribution is 5.85. The Morgan fingerprint density at radius 3 is 2.74 bits per heavy atom. The Labute approximate surface area is 241 Å². The van der Waals surface area contributed by atoms with Gasteiger partial charge in [-0.3, -0.25) is 10.1 Å². The van der Waals surface area contributed by atoms with E-state index in [9.17, 15) is 9.59 Å². The van der Waals surface area contributed by atoms with Crippen molar-refractivity contribution < 1.29 is 14.3 Å². The minimum absolute atomic E-state index is 0.0873. The van der Waals surface area contributed by atoms with Crippen LogP contribution >= 0.6 is 0 Å². The summed E-state index contributed by atoms with van der Waals surface area (Å²) in [6, 6.07) is 16.9. The van der Waals surface area contributed by atoms with Crippen molar-refractivity contribution in [1.29, 1.82) is 0 Å². The van der Waals surface area contributed by atoms with Crippen molar-refractivity contribution in [2.24, 2.45) is 0 Å². The van der Waals surface area contributed by atoms with Gasteiger partial charge in [-0.1, -0.05) is 23.8 Å². The molecule has 1 amide bonds. The number of fused-ring (bicyclic) bond motifs is 1. The number of amides is 1. The molecule has 0 spiro atoms. The van der Waals surface area contributed by atoms with Crippen LogP contribution in [0.2, 0.25) is 0 Å². The van der Waals surface area contributed by atoms with Crippen molar-refractivity contribution >= 4 is 11.8 Å². The van der Waals surface area contributed by atoms with Crippen molar-refractivity contribution in [3.05, 3.63) is 94.6 Å². The first-order chi connectivity index (χ1) is 20.5. The molecule has 1 atom stereocenters. The number of nitrogens with one attached hydrogen (secondary N) is 2. The van der Waals surface area contributed by atoms with Crippen LogP contribution in [0.5, 0.6) is 0 Å². The fourth-order valence-electron chi connectivity index (χ4n) is 5.24. The van der Waals surface area contributed by atoms with Crippen LogP contribution in [-0.2, 0) is 15.9 Å². The molecule has 2 N–H and O–H groups in total. The predicted octanol–water partition coefficient (Wildman–Crippen LogP) is 4.31. The van der Waals surface area contributed by atoms with E-state index in [4.69, 9.17) is 9.47 Å². The molecule has 0 unspecified atom stereocenters. The van der Waals surface area contributed by atoms with Crippen LogP contribution in [-0.4, -0.2) is 60.7 Å². The Bertz CT molecular complexity index is 1760. The highest BCUT2D eigenvalue weighted by Crippen LogP contribution is 2.34. The Kier molecular flexibility index (Phi) is 7.60. The maximum Gasteiger partial charge on any atom is 0.411 e. The molecule has 0 bridgehead atoms. The number of hydrogen-bond donors (Lipinski definition) is 2. The van der Waals surface area contributed by atoms with Gasteiger partial charge in [-0.2, -0.15) is 4.68 Å². The Hall–Kier alpha value is -5.10. The van der Waals surface area contributed by atoms with Crippen molar-refractivity contribution in [2.75, 3.05) is 25.1 Å². The molecule has 1 aliphatic rings. The molecule has 12 nitrogen and oxygen atoms in total. The second-order valence-electron chi connectivity index (χ2n) is 9.99. The van der Waals surface area contributed by atoms with Gasteiger partial charge in [-0.15, -0.1) is 5.10 Å². The first kappa shape index (κ1) is 27.1. The molecule has 0 radical (unpaired) electrons. The van der Waals surface area contributed by atoms with Gasteiger partial charge in [0.15, 0.2) is 0 Å². The van der Waals surface area contributed by atoms with E-state index in [1.165, 1.54) is 0 Å². The van der Waals surface area contributed by atoms with Gasteiger partial charge in [0.05, 0.1) is 30.2 Å². The highest BCUT2D eigenvalue weighted by Gasteiger charge is 2.28. The third kappa shape index (κ3) is 5.56. The summed E-state index contributed by atoms with van der Waals surface area (Å²) in [6.07, 6.45) is 4.28. The topological polar surface area (TPSA) is 142 Å². The number of hydrogen-bond acceptors (Lipinski definition) is 8. The number of aromatic nitrogens is 7. The van der Waals surface area contributed by atoms with Crippen LogP contribution in [0.25, 0.3) is 28.1 Å². The number of ether oxygens (including phenoxy) is 2. The van der Waals surface area contributed by atoms with E-state index < -0.39 is 6.09 Å². The molecule has 0 fully saturated rings. The smallest absolute Gasteiger partial charge is 0.411 e. The molecule has 2 aromatic carbocycles. The van der Waals surface area contributed by atoms with Gasteiger partial charge in [-0.25, -0.2) is 9.78 Å². The zero-order valence-electron chi connectivity index (χ0n) is 23.3. The average molecular weight is 567 g/mol. The summed E-state index contributed by atoms with van der Waals surface area (Å²) in [7, 11) is 0. The Balaban J connectivity index is 1.20. The first-order valence-electron chi connectivity index (χ1n) is 13.8. The number of benzene rings is 2. The maximum atomic E-state index is 13.5. The summed E-state index contributed by atoms with van der Waals surface area (Å²) in [6.45, 7) is 5.03. The van der Waals surface area contributed by atoms with Gasteiger partial charge < -0.3 is 19.0 Å². The first-order valence-corrected chi connectivity index (χ1v) is 13.8. The number of anilines is 1. The number of aryl methyl sites for hydroxylation is 2. The number of aromatic amines is 1. The third-order valence-corrected chi connectivity index (χ3v) is 7.21. The number of tetrazole rings is 1. The number of carbonyl (C=O) groups excluding carboxylic acids is 1. The molecule has 6 rings (SSSR count). The van der Waals surface area contributed by atoms with Gasteiger partial charge in [0.1, 0.15) is 18.8 Å². The average Bonchev–Trinajstić information content (AvgIpc) is 3.77. The summed E-state index contributed by atoms with van der Waals surface area (Å²) in [5, 5.41) is 14.3. The van der Waals surface area contributed by atoms with Crippen LogP contribution in [0, 0.1) is 6.92 Å². The molecular weight excluding hydrogens is 536 g/mol. The van der Waals surface area contributed by atoms with E-state index in [1.54, 1.807) is 35.4 Å². The molecule has 42 heavy (non-hydrogen) atoms. The van der Waals surface area contributed by atoms with E-state index in [2.05, 4.69) is 36.9 Å². The molecular formula is C30H30N8O4. The van der Waals surface area contributed by atoms with Gasteiger partial charge in [-0.05, 0) is 78.6 Å². The van der Waals surface area contributed by atoms with Crippen molar-refractivity contribution in [1.82, 2.24) is 34.7 Å². The predicted molar refractivity (Wildman–Crippen MR) is 156 cm³/mol. The van der Waals surface area contributed by atoms with Crippen LogP contribution in [0.15, 0.2) is 71.9 Å². The number of H-pyrrole nitrogens is 1. The standard InChI is InChI=1S/C30H30N8O4/c1-3-41-12-13-42-30(40)33-22-7-5-20(6-8-22)25-17-31-29(34-25)27-11-9-23-15-21(16-28(39)38(23)27)24-14-19(2)4-10-26(24)37-18-32-35-36-37/h4-8,10,14-18,27H,3,9,11-13H2,1-2H3,(H,31,34)(H,33,40)/t27-/m0/s1. The normalized spacial score (nSPS) is 14.1. The highest BCUT2D eigenvalue weighted by atomic mass is 16.6. The van der Waals surface area contributed by atoms with Crippen molar-refractivity contribution in [3.8, 4) is 28.1 Å². The van der Waals surface area contributed by atoms with Gasteiger partial charge in [0, 0.05) is 29.6 Å². The largest absolute Gasteiger partial charge is 0.447 e. The molecule has 214 valence electrons. The summed E-state index contributed by atoms with van der Waals surface area (Å²) >= 11 is 0. The lowest BCUT2D eigenvalue weighted by Crippen LogP contribution is -2.23. The quantitative estimate of drug-likeness (QED) is 0.251. The minimum Gasteiger partial charge on any atom is -0.447 e. The van der Waals surface area contributed by atoms with E-state index >= 15 is 0 Å². The number of carbonyl (C=O) groups is 1. The lowest BCUT2D eigenvalue weighted by atomic mass is 10.0. The number of nitrogens with zero attached hydrogens (tertiary/aromatic N) is 6. The molecule has 12 heteroatoms. The Morgan fingerprint density at radius 2 is 1.95 bits per heavy atom. The summed E-state index contributed by atoms with van der Waals surface area (Å²) in [5.74, 6) is 0.726. The monoisotopic (exact) mass is 566 g/mol. The number of imidazole rings is 1. The second-order valence-corrected chi connectivity index (χ2v) is 9.99. The molecule has 1 aliphatic heterocycles. The van der Waals surface area contributed by atoms with Crippen LogP contribution < -0.4 is 10.9 Å². The van der Waals surface area contributed by atoms with Crippen LogP contribution in [0.3, 0.4) is 0 Å². The third-order valence-electron chi connectivity index (χ3n) is 7.21. The van der Waals surface area contributed by atoms with Gasteiger partial charge in [0.25, 0.3) is 5.56 Å². The SMILES string of the molecule is CCOCCOC(=O)Nc1ccc(-c2cnc([C@@H]3CCc4cc(-c5cc(C)ccc5-n5cnnn5)cc(=O)n43)[nH]2)cc1. The summed E-state index contributed by atoms with van der Waals surface area (Å²) < 4.78 is 13.7. The van der Waals surface area contributed by atoms with Crippen LogP contribution in [0.1, 0.15) is 36.5 Å². The van der Waals surface area contributed by atoms with E-state index in [1.807, 2.05) is 48.7 Å². The van der Waals surface area contributed by atoms with E-state index in [0.717, 1.165) is 58.0 Å². The lowest BCUT2D eigenvalue weighted by Gasteiger charge is -2.15. The molecule has 0 saturated heterocycles. The lowest BCUT2D eigenvalue weighted by molar-refractivity contribution is 0.0850. The van der Waals surface area contributed by atoms with Gasteiger partial charge >= 0.3 is 6.09 Å². The van der Waals surface area contributed by atoms with Crippen molar-refractivity contribution in [2.45, 2.75) is 32.7 Å². The maximum absolute atomic E-state index is 13.5. The van der Waals surface area contributed by atoms with Gasteiger partial charge in [0.2, 0.25) is 0 Å². The minimum atomic E-state index is -0.534. The van der Waals surface area contributed by atoms with E-state index in [0.29, 0.717) is 18.9 Å². The zero-order valence-corrected chi connectivity index (χ0v) is 23.3. The fourth-order valence-corrected chi connectivity index (χ4v) is 5.24. The van der Waals surface area contributed by atoms with Crippen LogP contribution in [0.4, 0.5) is 10.5 Å². The molecule has 4 heterocycles. The summed E-state index contributed by atoms with van der Waals surface area (Å²) in [5.41, 5.74) is 6.80. The summed E-state index contributed by atoms with van der Waals surface area (Å²) in [4.78, 5) is 33.5. The zero-order chi connectivity index (χ0) is 29.1. The molecule has 0 saturated carbocycles. The molecule has 5 aromatic rings. The fraction of sp³-hybridized carbons (Fsp3) is 0.267. The molecule has 0 aliphatic carbocycles. The number of pyridine rings is 1.